The summed E-state index contributed by atoms with van der Waals surface area (Å²) >= 11 is 0. The second kappa shape index (κ2) is 5.66. The van der Waals surface area contributed by atoms with Crippen molar-refractivity contribution in [2.24, 2.45) is 0 Å². The molecule has 0 radical (unpaired) electrons. The molecular formula is C14H13N2O+. The van der Waals surface area contributed by atoms with Crippen LogP contribution in [0.1, 0.15) is 11.1 Å². The van der Waals surface area contributed by atoms with Crippen LogP contribution in [0.25, 0.3) is 4.98 Å². The summed E-state index contributed by atoms with van der Waals surface area (Å²) in [5.74, 6) is 0.815. The fraction of sp³-hybridized carbons (Fsp3) is 0.143. The summed E-state index contributed by atoms with van der Waals surface area (Å²) in [6, 6.07) is 17.6. The molecule has 2 aromatic rings. The number of hydrogen-bond donors (Lipinski definition) is 0. The molecule has 3 heteroatoms. The molecule has 0 aliphatic heterocycles. The van der Waals surface area contributed by atoms with Crippen LogP contribution in [0.2, 0.25) is 0 Å². The van der Waals surface area contributed by atoms with E-state index >= 15 is 0 Å². The van der Waals surface area contributed by atoms with E-state index in [1.807, 2.05) is 54.6 Å². The summed E-state index contributed by atoms with van der Waals surface area (Å²) in [6.45, 7) is 0.878. The van der Waals surface area contributed by atoms with Crippen LogP contribution in [0.3, 0.4) is 0 Å². The van der Waals surface area contributed by atoms with Crippen molar-refractivity contribution < 1.29 is 4.74 Å². The third-order valence-electron chi connectivity index (χ3n) is 2.42. The van der Waals surface area contributed by atoms with Gasteiger partial charge in [0.2, 0.25) is 5.39 Å². The third kappa shape index (κ3) is 3.32. The Bertz CT molecular complexity index is 500. The summed E-state index contributed by atoms with van der Waals surface area (Å²) < 4.78 is 5.63. The molecule has 0 N–H and O–H groups in total. The molecule has 0 saturated carbocycles. The van der Waals surface area contributed by atoms with Crippen LogP contribution in [0.15, 0.2) is 54.6 Å². The monoisotopic (exact) mass is 225 g/mol. The van der Waals surface area contributed by atoms with Crippen molar-refractivity contribution in [1.29, 1.82) is 5.39 Å². The normalized spacial score (nSPS) is 9.59. The Hall–Kier alpha value is -2.34. The van der Waals surface area contributed by atoms with Crippen LogP contribution in [0.5, 0.6) is 5.75 Å². The van der Waals surface area contributed by atoms with Crippen LogP contribution in [0.4, 0.5) is 0 Å². The molecule has 0 fully saturated rings. The van der Waals surface area contributed by atoms with Crippen molar-refractivity contribution in [3.63, 3.8) is 0 Å². The van der Waals surface area contributed by atoms with Crippen molar-refractivity contribution >= 4 is 0 Å². The zero-order valence-electron chi connectivity index (χ0n) is 9.41. The average molecular weight is 225 g/mol. The van der Waals surface area contributed by atoms with Gasteiger partial charge in [0.25, 0.3) is 0 Å². The molecule has 0 unspecified atom stereocenters. The first-order valence-corrected chi connectivity index (χ1v) is 5.45. The Kier molecular flexibility index (Phi) is 3.72. The number of diazo groups is 1. The second-order valence-corrected chi connectivity index (χ2v) is 3.72. The van der Waals surface area contributed by atoms with Crippen molar-refractivity contribution in [2.75, 3.05) is 0 Å². The average Bonchev–Trinajstić information content (AvgIpc) is 2.40. The molecule has 0 bridgehead atoms. The highest BCUT2D eigenvalue weighted by atomic mass is 16.5. The van der Waals surface area contributed by atoms with Gasteiger partial charge in [-0.25, -0.2) is 0 Å². The highest BCUT2D eigenvalue weighted by Gasteiger charge is 2.00. The van der Waals surface area contributed by atoms with Crippen LogP contribution in [-0.2, 0) is 13.2 Å². The molecule has 0 spiro atoms. The molecule has 0 heterocycles. The van der Waals surface area contributed by atoms with Gasteiger partial charge in [0.15, 0.2) is 0 Å². The molecule has 3 nitrogen and oxygen atoms in total. The molecular weight excluding hydrogens is 212 g/mol. The standard InChI is InChI=1S/C14H13N2O/c15-16-10-12-6-8-14(9-7-12)17-11-13-4-2-1-3-5-13/h1-9H,10-11H2/q+1. The summed E-state index contributed by atoms with van der Waals surface area (Å²) in [5.41, 5.74) is 2.10. The number of ether oxygens (including phenoxy) is 1. The molecule has 0 aliphatic rings. The maximum absolute atomic E-state index is 8.43. The van der Waals surface area contributed by atoms with Gasteiger partial charge in [-0.15, -0.1) is 0 Å². The molecule has 0 aliphatic carbocycles. The lowest BCUT2D eigenvalue weighted by atomic mass is 10.2. The molecule has 0 atom stereocenters. The SMILES string of the molecule is N#[N+]Cc1ccc(OCc2ccccc2)cc1. The Balaban J connectivity index is 1.94. The maximum Gasteiger partial charge on any atom is 0.330 e. The summed E-state index contributed by atoms with van der Waals surface area (Å²) in [4.78, 5) is 3.09. The Morgan fingerprint density at radius 1 is 0.882 bits per heavy atom. The van der Waals surface area contributed by atoms with Gasteiger partial charge in [0.1, 0.15) is 17.3 Å². The van der Waals surface area contributed by atoms with Crippen molar-refractivity contribution in [2.45, 2.75) is 13.2 Å². The first-order valence-electron chi connectivity index (χ1n) is 5.45. The van der Waals surface area contributed by atoms with Crippen molar-refractivity contribution in [1.82, 2.24) is 0 Å². The Morgan fingerprint density at radius 3 is 2.24 bits per heavy atom. The minimum atomic E-state index is 0.318. The minimum Gasteiger partial charge on any atom is -0.489 e. The van der Waals surface area contributed by atoms with Gasteiger partial charge in [-0.2, -0.15) is 0 Å². The number of rotatable bonds is 4. The zero-order chi connectivity index (χ0) is 11.9. The van der Waals surface area contributed by atoms with E-state index in [0.29, 0.717) is 13.2 Å². The molecule has 0 aromatic heterocycles. The number of hydrogen-bond acceptors (Lipinski definition) is 2. The van der Waals surface area contributed by atoms with E-state index < -0.39 is 0 Å². The maximum atomic E-state index is 8.43. The smallest absolute Gasteiger partial charge is 0.330 e. The largest absolute Gasteiger partial charge is 0.489 e. The predicted molar refractivity (Wildman–Crippen MR) is 66.0 cm³/mol. The lowest BCUT2D eigenvalue weighted by Gasteiger charge is -2.05. The quantitative estimate of drug-likeness (QED) is 0.745. The zero-order valence-corrected chi connectivity index (χ0v) is 9.41. The molecule has 17 heavy (non-hydrogen) atoms. The predicted octanol–water partition coefficient (Wildman–Crippen LogP) is 3.62. The Morgan fingerprint density at radius 2 is 1.59 bits per heavy atom. The number of nitrogens with zero attached hydrogens (tertiary/aromatic N) is 2. The van der Waals surface area contributed by atoms with Crippen LogP contribution < -0.4 is 4.74 Å². The first-order chi connectivity index (χ1) is 8.38. The molecule has 0 saturated heterocycles. The molecule has 0 amide bonds. The van der Waals surface area contributed by atoms with Gasteiger partial charge >= 0.3 is 6.54 Å². The third-order valence-corrected chi connectivity index (χ3v) is 2.42. The van der Waals surface area contributed by atoms with E-state index in [1.54, 1.807) is 0 Å². The topological polar surface area (TPSA) is 37.4 Å². The van der Waals surface area contributed by atoms with Gasteiger partial charge in [-0.3, -0.25) is 0 Å². The van der Waals surface area contributed by atoms with Crippen LogP contribution in [0, 0.1) is 5.39 Å². The molecule has 2 aromatic carbocycles. The fourth-order valence-corrected chi connectivity index (χ4v) is 1.51. The van der Waals surface area contributed by atoms with E-state index in [0.717, 1.165) is 16.9 Å². The van der Waals surface area contributed by atoms with Gasteiger partial charge in [-0.05, 0) is 29.8 Å². The highest BCUT2D eigenvalue weighted by molar-refractivity contribution is 5.28. The van der Waals surface area contributed by atoms with Gasteiger partial charge < -0.3 is 4.74 Å². The molecule has 2 rings (SSSR count). The highest BCUT2D eigenvalue weighted by Crippen LogP contribution is 2.14. The second-order valence-electron chi connectivity index (χ2n) is 3.72. The lowest BCUT2D eigenvalue weighted by Crippen LogP contribution is -1.94. The van der Waals surface area contributed by atoms with Crippen LogP contribution >= 0.6 is 0 Å². The minimum absolute atomic E-state index is 0.318. The van der Waals surface area contributed by atoms with E-state index in [2.05, 4.69) is 4.98 Å². The van der Waals surface area contributed by atoms with Crippen molar-refractivity contribution in [3.05, 3.63) is 70.7 Å². The summed E-state index contributed by atoms with van der Waals surface area (Å²) in [7, 11) is 0. The first kappa shape index (κ1) is 11.2. The van der Waals surface area contributed by atoms with E-state index in [9.17, 15) is 0 Å². The van der Waals surface area contributed by atoms with Crippen molar-refractivity contribution in [3.8, 4) is 5.75 Å². The Labute approximate surface area is 100 Å². The number of benzene rings is 2. The van der Waals surface area contributed by atoms with E-state index in [4.69, 9.17) is 10.1 Å². The molecule has 84 valence electrons. The van der Waals surface area contributed by atoms with Gasteiger partial charge in [-0.1, -0.05) is 30.3 Å². The summed E-state index contributed by atoms with van der Waals surface area (Å²) in [5, 5.41) is 8.43. The van der Waals surface area contributed by atoms with Gasteiger partial charge in [0, 0.05) is 5.56 Å². The van der Waals surface area contributed by atoms with Gasteiger partial charge in [0.05, 0.1) is 0 Å². The van der Waals surface area contributed by atoms with E-state index in [1.165, 1.54) is 0 Å². The lowest BCUT2D eigenvalue weighted by molar-refractivity contribution is 0.306. The van der Waals surface area contributed by atoms with Crippen LogP contribution in [-0.4, -0.2) is 0 Å². The fourth-order valence-electron chi connectivity index (χ4n) is 1.51. The van der Waals surface area contributed by atoms with E-state index in [-0.39, 0.29) is 0 Å². The summed E-state index contributed by atoms with van der Waals surface area (Å²) in [6.07, 6.45) is 0.